The van der Waals surface area contributed by atoms with Crippen molar-refractivity contribution < 1.29 is 13.2 Å². The molecule has 2 nitrogen and oxygen atoms in total. The molecule has 2 aromatic carbocycles. The summed E-state index contributed by atoms with van der Waals surface area (Å²) in [6.45, 7) is 0. The summed E-state index contributed by atoms with van der Waals surface area (Å²) in [5, 5.41) is 7.19. The number of nitrogens with one attached hydrogen (secondary N) is 1. The van der Waals surface area contributed by atoms with Gasteiger partial charge in [0.2, 0.25) is 0 Å². The molecule has 19 heavy (non-hydrogen) atoms. The molecule has 2 aromatic rings. The number of nitrogen functional groups attached to an aromatic ring is 1. The molecule has 0 spiro atoms. The van der Waals surface area contributed by atoms with Gasteiger partial charge in [-0.15, -0.1) is 0 Å². The molecule has 0 unspecified atom stereocenters. The van der Waals surface area contributed by atoms with Crippen molar-refractivity contribution in [3.05, 3.63) is 59.4 Å². The minimum absolute atomic E-state index is 0.233. The van der Waals surface area contributed by atoms with Crippen LogP contribution in [0.15, 0.2) is 46.2 Å². The van der Waals surface area contributed by atoms with Crippen LogP contribution in [0.2, 0.25) is 0 Å². The fraction of sp³-hybridized carbons (Fsp3) is 0. The van der Waals surface area contributed by atoms with Crippen molar-refractivity contribution in [2.45, 2.75) is 9.79 Å². The zero-order valence-electron chi connectivity index (χ0n) is 9.58. The molecule has 0 saturated carbocycles. The number of hydrogen-bond donors (Lipinski definition) is 2. The first-order chi connectivity index (χ1) is 8.97. The molecule has 0 saturated heterocycles. The van der Waals surface area contributed by atoms with Gasteiger partial charge in [-0.3, -0.25) is 5.41 Å². The SMILES string of the molecule is N=C(N)c1ccc(Sc2ccc(F)c(F)c2)c(F)c1. The largest absolute Gasteiger partial charge is 0.384 e. The molecule has 0 fully saturated rings. The zero-order valence-corrected chi connectivity index (χ0v) is 10.4. The standard InChI is InChI=1S/C13H9F3N2S/c14-9-3-2-8(6-10(9)15)19-12-4-1-7(13(17)18)5-11(12)16/h1-6H,(H3,17,18). The van der Waals surface area contributed by atoms with E-state index in [9.17, 15) is 13.2 Å². The second-order valence-corrected chi connectivity index (χ2v) is 4.85. The van der Waals surface area contributed by atoms with Crippen molar-refractivity contribution >= 4 is 17.6 Å². The van der Waals surface area contributed by atoms with Gasteiger partial charge in [0.25, 0.3) is 0 Å². The Kier molecular flexibility index (Phi) is 3.80. The van der Waals surface area contributed by atoms with E-state index < -0.39 is 17.5 Å². The summed E-state index contributed by atoms with van der Waals surface area (Å²) in [7, 11) is 0. The predicted octanol–water partition coefficient (Wildman–Crippen LogP) is 3.54. The molecule has 0 aliphatic rings. The van der Waals surface area contributed by atoms with Gasteiger partial charge in [0.05, 0.1) is 0 Å². The van der Waals surface area contributed by atoms with E-state index in [1.807, 2.05) is 0 Å². The molecule has 0 amide bonds. The zero-order chi connectivity index (χ0) is 14.0. The fourth-order valence-electron chi connectivity index (χ4n) is 1.42. The van der Waals surface area contributed by atoms with Gasteiger partial charge in [-0.25, -0.2) is 13.2 Å². The van der Waals surface area contributed by atoms with Crippen LogP contribution < -0.4 is 5.73 Å². The number of nitrogens with two attached hydrogens (primary N) is 1. The van der Waals surface area contributed by atoms with Crippen molar-refractivity contribution in [2.75, 3.05) is 0 Å². The summed E-state index contributed by atoms with van der Waals surface area (Å²) in [6.07, 6.45) is 0. The molecular weight excluding hydrogens is 273 g/mol. The Morgan fingerprint density at radius 3 is 2.26 bits per heavy atom. The Hall–Kier alpha value is -1.95. The average molecular weight is 282 g/mol. The van der Waals surface area contributed by atoms with Gasteiger partial charge in [-0.05, 0) is 36.4 Å². The molecule has 0 bridgehead atoms. The lowest BCUT2D eigenvalue weighted by Crippen LogP contribution is -2.11. The monoisotopic (exact) mass is 282 g/mol. The highest BCUT2D eigenvalue weighted by molar-refractivity contribution is 7.99. The predicted molar refractivity (Wildman–Crippen MR) is 67.9 cm³/mol. The van der Waals surface area contributed by atoms with Crippen LogP contribution in [0.3, 0.4) is 0 Å². The Labute approximate surface area is 111 Å². The molecule has 0 aromatic heterocycles. The molecule has 98 valence electrons. The van der Waals surface area contributed by atoms with Gasteiger partial charge >= 0.3 is 0 Å². The van der Waals surface area contributed by atoms with E-state index in [0.717, 1.165) is 30.0 Å². The summed E-state index contributed by atoms with van der Waals surface area (Å²) >= 11 is 0.965. The number of benzene rings is 2. The van der Waals surface area contributed by atoms with Crippen molar-refractivity contribution in [2.24, 2.45) is 5.73 Å². The molecule has 0 aliphatic heterocycles. The Bertz CT molecular complexity index is 644. The van der Waals surface area contributed by atoms with Crippen LogP contribution in [-0.4, -0.2) is 5.84 Å². The van der Waals surface area contributed by atoms with Crippen molar-refractivity contribution in [1.29, 1.82) is 5.41 Å². The summed E-state index contributed by atoms with van der Waals surface area (Å²) in [6, 6.07) is 7.41. The van der Waals surface area contributed by atoms with Crippen LogP contribution in [0.25, 0.3) is 0 Å². The molecule has 0 heterocycles. The smallest absolute Gasteiger partial charge is 0.159 e. The van der Waals surface area contributed by atoms with Crippen LogP contribution in [0.5, 0.6) is 0 Å². The second-order valence-electron chi connectivity index (χ2n) is 3.74. The second kappa shape index (κ2) is 5.36. The molecular formula is C13H9F3N2S. The van der Waals surface area contributed by atoms with Gasteiger partial charge in [0.15, 0.2) is 11.6 Å². The number of rotatable bonds is 3. The van der Waals surface area contributed by atoms with Gasteiger partial charge in [0, 0.05) is 15.4 Å². The number of halogens is 3. The molecule has 3 N–H and O–H groups in total. The van der Waals surface area contributed by atoms with Gasteiger partial charge in [-0.2, -0.15) is 0 Å². The minimum Gasteiger partial charge on any atom is -0.384 e. The third-order valence-electron chi connectivity index (χ3n) is 2.36. The maximum Gasteiger partial charge on any atom is 0.159 e. The van der Waals surface area contributed by atoms with Crippen molar-refractivity contribution in [3.8, 4) is 0 Å². The maximum absolute atomic E-state index is 13.7. The summed E-state index contributed by atoms with van der Waals surface area (Å²) in [5.41, 5.74) is 5.51. The van der Waals surface area contributed by atoms with Crippen LogP contribution in [-0.2, 0) is 0 Å². The van der Waals surface area contributed by atoms with Crippen LogP contribution >= 0.6 is 11.8 Å². The van der Waals surface area contributed by atoms with Crippen LogP contribution in [0.4, 0.5) is 13.2 Å². The lowest BCUT2D eigenvalue weighted by atomic mass is 10.2. The van der Waals surface area contributed by atoms with Crippen LogP contribution in [0.1, 0.15) is 5.56 Å². The van der Waals surface area contributed by atoms with Gasteiger partial charge in [0.1, 0.15) is 11.7 Å². The van der Waals surface area contributed by atoms with Crippen LogP contribution in [0, 0.1) is 22.9 Å². The first kappa shape index (κ1) is 13.5. The highest BCUT2D eigenvalue weighted by Crippen LogP contribution is 2.31. The Morgan fingerprint density at radius 1 is 0.947 bits per heavy atom. The molecule has 0 radical (unpaired) electrons. The van der Waals surface area contributed by atoms with E-state index in [0.29, 0.717) is 4.90 Å². The molecule has 2 rings (SSSR count). The summed E-state index contributed by atoms with van der Waals surface area (Å²) in [5.74, 6) is -2.73. The molecule has 0 atom stereocenters. The highest BCUT2D eigenvalue weighted by Gasteiger charge is 2.09. The van der Waals surface area contributed by atoms with E-state index in [1.165, 1.54) is 18.2 Å². The molecule has 6 heteroatoms. The quantitative estimate of drug-likeness (QED) is 0.668. The topological polar surface area (TPSA) is 49.9 Å². The van der Waals surface area contributed by atoms with E-state index in [4.69, 9.17) is 11.1 Å². The average Bonchev–Trinajstić information content (AvgIpc) is 2.36. The van der Waals surface area contributed by atoms with Crippen molar-refractivity contribution in [1.82, 2.24) is 0 Å². The maximum atomic E-state index is 13.7. The Morgan fingerprint density at radius 2 is 1.68 bits per heavy atom. The minimum atomic E-state index is -0.981. The first-order valence-electron chi connectivity index (χ1n) is 5.24. The third kappa shape index (κ3) is 3.08. The van der Waals surface area contributed by atoms with Gasteiger partial charge < -0.3 is 5.73 Å². The number of hydrogen-bond acceptors (Lipinski definition) is 2. The van der Waals surface area contributed by atoms with E-state index in [2.05, 4.69) is 0 Å². The third-order valence-corrected chi connectivity index (χ3v) is 3.40. The first-order valence-corrected chi connectivity index (χ1v) is 6.06. The van der Waals surface area contributed by atoms with E-state index in [-0.39, 0.29) is 16.3 Å². The van der Waals surface area contributed by atoms with Crippen molar-refractivity contribution in [3.63, 3.8) is 0 Å². The summed E-state index contributed by atoms with van der Waals surface area (Å²) < 4.78 is 39.5. The summed E-state index contributed by atoms with van der Waals surface area (Å²) in [4.78, 5) is 0.629. The highest BCUT2D eigenvalue weighted by atomic mass is 32.2. The lowest BCUT2D eigenvalue weighted by Gasteiger charge is -2.05. The van der Waals surface area contributed by atoms with E-state index in [1.54, 1.807) is 0 Å². The fourth-order valence-corrected chi connectivity index (χ4v) is 2.26. The number of amidine groups is 1. The lowest BCUT2D eigenvalue weighted by molar-refractivity contribution is 0.506. The van der Waals surface area contributed by atoms with Gasteiger partial charge in [-0.1, -0.05) is 11.8 Å². The normalized spacial score (nSPS) is 10.5. The Balaban J connectivity index is 2.28. The van der Waals surface area contributed by atoms with E-state index >= 15 is 0 Å². The molecule has 0 aliphatic carbocycles.